The summed E-state index contributed by atoms with van der Waals surface area (Å²) in [5, 5.41) is 2.15. The first-order chi connectivity index (χ1) is 39.6. The van der Waals surface area contributed by atoms with Gasteiger partial charge in [0.15, 0.2) is 0 Å². The molecule has 16 nitrogen and oxygen atoms in total. The molecule has 4 aliphatic rings. The zero-order valence-electron chi connectivity index (χ0n) is 47.1. The van der Waals surface area contributed by atoms with Gasteiger partial charge < -0.3 is 39.0 Å². The lowest BCUT2D eigenvalue weighted by Crippen LogP contribution is -2.47. The number of hydrogen-bond acceptors (Lipinski definition) is 10. The Morgan fingerprint density at radius 3 is 1.29 bits per heavy atom. The molecule has 0 unspecified atom stereocenters. The number of hydrogen-bond donors (Lipinski definition) is 2. The van der Waals surface area contributed by atoms with E-state index in [9.17, 15) is 26.4 Å². The van der Waals surface area contributed by atoms with Crippen LogP contribution in [0.5, 0.6) is 0 Å². The minimum atomic E-state index is -3.92. The molecule has 4 fully saturated rings. The van der Waals surface area contributed by atoms with Gasteiger partial charge in [0.25, 0.3) is 0 Å². The summed E-state index contributed by atoms with van der Waals surface area (Å²) in [4.78, 5) is 41.9. The predicted molar refractivity (Wildman–Crippen MR) is 327 cm³/mol. The Morgan fingerprint density at radius 1 is 0.512 bits per heavy atom. The molecule has 2 amide bonds. The standard InChI is InChI=1S/2C32H36N4O4S.2H2/c2*1-23-10-11-25-19-29(33-28(25)18-23)27-20-26(12-13-30(27)35-14-6-7-15-35)41(38,39)34(2)22-32(37)36-16-17-40-31(21-36)24-8-4-3-5-9-24;;/h2*3-5,8-13,18-20,31,33H,6-7,14-17,21-22H2,1-2H3;2*1H/t2*31-;;/m10../s1. The molecule has 6 heterocycles. The SMILES string of the molecule is Cc1ccc2cc(-c3cc(S(=O)(=O)N(C)CC(=O)N4CCO[C@@H](c5ccccc5)C4)ccc3N3CCCC3)[nH]c2c1.Cc1ccc2cc(-c3cc(S(=O)(=O)N(C)CC(=O)N4CCO[C@H](c5ccccc5)C4)ccc3N3CCCC3)[nH]c2c1.[HH].[HH]. The highest BCUT2D eigenvalue weighted by Gasteiger charge is 2.33. The van der Waals surface area contributed by atoms with Gasteiger partial charge in [-0.2, -0.15) is 8.61 Å². The second-order valence-electron chi connectivity index (χ2n) is 22.0. The molecular weight excluding hydrogens is 1070 g/mol. The van der Waals surface area contributed by atoms with Crippen molar-refractivity contribution >= 4 is 65.0 Å². The third-order valence-electron chi connectivity index (χ3n) is 16.3. The smallest absolute Gasteiger partial charge is 0.243 e. The number of carbonyl (C=O) groups is 2. The number of likely N-dealkylation sites (N-methyl/N-ethyl adjacent to an activating group) is 2. The van der Waals surface area contributed by atoms with Crippen LogP contribution in [0.4, 0.5) is 11.4 Å². The van der Waals surface area contributed by atoms with E-state index >= 15 is 0 Å². The number of aromatic amines is 2. The molecule has 0 saturated carbocycles. The van der Waals surface area contributed by atoms with Gasteiger partial charge in [-0.3, -0.25) is 9.59 Å². The second-order valence-corrected chi connectivity index (χ2v) is 26.1. The Bertz CT molecular complexity index is 3590. The number of aryl methyl sites for hydroxylation is 2. The molecule has 432 valence electrons. The lowest BCUT2D eigenvalue weighted by Gasteiger charge is -2.34. The monoisotopic (exact) mass is 1150 g/mol. The molecule has 0 spiro atoms. The zero-order chi connectivity index (χ0) is 57.1. The molecule has 18 heteroatoms. The second kappa shape index (κ2) is 24.3. The maximum Gasteiger partial charge on any atom is 0.243 e. The molecule has 6 aromatic carbocycles. The van der Waals surface area contributed by atoms with Crippen LogP contribution in [0.15, 0.2) is 155 Å². The van der Waals surface area contributed by atoms with Gasteiger partial charge in [-0.15, -0.1) is 0 Å². The largest absolute Gasteiger partial charge is 0.371 e. The highest BCUT2D eigenvalue weighted by atomic mass is 32.2. The maximum atomic E-state index is 13.8. The van der Waals surface area contributed by atoms with E-state index in [1.54, 1.807) is 34.1 Å². The predicted octanol–water partition coefficient (Wildman–Crippen LogP) is 10.4. The number of H-pyrrole nitrogens is 2. The summed E-state index contributed by atoms with van der Waals surface area (Å²) >= 11 is 0. The lowest BCUT2D eigenvalue weighted by molar-refractivity contribution is -0.139. The number of aromatic nitrogens is 2. The fourth-order valence-electron chi connectivity index (χ4n) is 11.6. The van der Waals surface area contributed by atoms with Gasteiger partial charge in [0.1, 0.15) is 12.2 Å². The number of rotatable bonds is 14. The van der Waals surface area contributed by atoms with E-state index in [4.69, 9.17) is 9.47 Å². The Balaban J connectivity index is 0.000000197. The van der Waals surface area contributed by atoms with Crippen LogP contribution in [-0.2, 0) is 39.1 Å². The van der Waals surface area contributed by atoms with Crippen molar-refractivity contribution < 1.29 is 38.8 Å². The molecule has 2 aromatic heterocycles. The molecule has 8 aromatic rings. The van der Waals surface area contributed by atoms with Gasteiger partial charge >= 0.3 is 0 Å². The van der Waals surface area contributed by atoms with E-state index in [1.807, 2.05) is 72.8 Å². The van der Waals surface area contributed by atoms with Gasteiger partial charge in [-0.25, -0.2) is 16.8 Å². The van der Waals surface area contributed by atoms with Crippen LogP contribution in [0.2, 0.25) is 0 Å². The number of morpholine rings is 2. The van der Waals surface area contributed by atoms with E-state index in [0.717, 1.165) is 138 Å². The first kappa shape index (κ1) is 56.5. The van der Waals surface area contributed by atoms with Crippen molar-refractivity contribution in [2.24, 2.45) is 0 Å². The number of benzene rings is 6. The number of nitrogens with one attached hydrogen (secondary N) is 2. The van der Waals surface area contributed by atoms with Gasteiger partial charge in [-0.1, -0.05) is 84.9 Å². The third kappa shape index (κ3) is 12.2. The normalized spacial score (nSPS) is 18.0. The van der Waals surface area contributed by atoms with Gasteiger partial charge in [-0.05, 0) is 122 Å². The Kier molecular flexibility index (Phi) is 16.7. The molecule has 12 rings (SSSR count). The quantitative estimate of drug-likeness (QED) is 0.107. The fraction of sp³-hybridized carbons (Fsp3) is 0.344. The van der Waals surface area contributed by atoms with Crippen molar-refractivity contribution in [3.8, 4) is 22.5 Å². The number of ether oxygens (including phenoxy) is 2. The van der Waals surface area contributed by atoms with Crippen LogP contribution in [0, 0.1) is 13.8 Å². The number of carbonyl (C=O) groups excluding carboxylic acids is 2. The van der Waals surface area contributed by atoms with Crippen molar-refractivity contribution in [1.82, 2.24) is 28.4 Å². The van der Waals surface area contributed by atoms with Gasteiger partial charge in [0.2, 0.25) is 31.9 Å². The highest BCUT2D eigenvalue weighted by Crippen LogP contribution is 2.39. The van der Waals surface area contributed by atoms with Crippen LogP contribution in [0.1, 0.15) is 63.0 Å². The van der Waals surface area contributed by atoms with E-state index in [1.165, 1.54) is 14.1 Å². The van der Waals surface area contributed by atoms with Crippen LogP contribution < -0.4 is 9.80 Å². The van der Waals surface area contributed by atoms with Crippen LogP contribution in [0.3, 0.4) is 0 Å². The summed E-state index contributed by atoms with van der Waals surface area (Å²) in [6.45, 7) is 9.88. The van der Waals surface area contributed by atoms with Crippen molar-refractivity contribution in [3.05, 3.63) is 168 Å². The first-order valence-corrected chi connectivity index (χ1v) is 31.3. The maximum absolute atomic E-state index is 13.8. The van der Waals surface area contributed by atoms with Crippen molar-refractivity contribution in [2.75, 3.05) is 103 Å². The molecular formula is C64H76N8O8S2. The lowest BCUT2D eigenvalue weighted by atomic mass is 10.1. The molecule has 0 radical (unpaired) electrons. The van der Waals surface area contributed by atoms with Crippen LogP contribution in [-0.4, -0.2) is 150 Å². The van der Waals surface area contributed by atoms with E-state index in [2.05, 4.69) is 82.1 Å². The minimum absolute atomic E-state index is 0. The Labute approximate surface area is 484 Å². The fourth-order valence-corrected chi connectivity index (χ4v) is 13.9. The van der Waals surface area contributed by atoms with E-state index < -0.39 is 20.0 Å². The summed E-state index contributed by atoms with van der Waals surface area (Å²) in [5.74, 6) is -0.472. The molecule has 0 bridgehead atoms. The number of fused-ring (bicyclic) bond motifs is 2. The first-order valence-electron chi connectivity index (χ1n) is 28.4. The summed E-state index contributed by atoms with van der Waals surface area (Å²) in [5.41, 5.74) is 11.8. The topological polar surface area (TPSA) is 172 Å². The third-order valence-corrected chi connectivity index (χ3v) is 19.9. The zero-order valence-corrected chi connectivity index (χ0v) is 48.7. The molecule has 2 N–H and O–H groups in total. The van der Waals surface area contributed by atoms with Crippen LogP contribution >= 0.6 is 0 Å². The summed E-state index contributed by atoms with van der Waals surface area (Å²) in [7, 11) is -4.90. The number of anilines is 2. The molecule has 0 aliphatic carbocycles. The average Bonchev–Trinajstić information content (AvgIpc) is 3.48. The van der Waals surface area contributed by atoms with Gasteiger partial charge in [0, 0.05) is 112 Å². The number of sulfonamides is 2. The molecule has 82 heavy (non-hydrogen) atoms. The van der Waals surface area contributed by atoms with Crippen molar-refractivity contribution in [3.63, 3.8) is 0 Å². The minimum Gasteiger partial charge on any atom is -0.371 e. The number of nitrogens with zero attached hydrogens (tertiary/aromatic N) is 6. The summed E-state index contributed by atoms with van der Waals surface area (Å²) in [6, 6.07) is 46.9. The summed E-state index contributed by atoms with van der Waals surface area (Å²) < 4.78 is 69.2. The van der Waals surface area contributed by atoms with E-state index in [0.29, 0.717) is 39.4 Å². The van der Waals surface area contributed by atoms with E-state index in [-0.39, 0.29) is 49.8 Å². The molecule has 2 atom stereocenters. The van der Waals surface area contributed by atoms with Crippen molar-refractivity contribution in [2.45, 2.75) is 61.5 Å². The van der Waals surface area contributed by atoms with Crippen molar-refractivity contribution in [1.29, 1.82) is 0 Å². The molecule has 4 aliphatic heterocycles. The van der Waals surface area contributed by atoms with Gasteiger partial charge in [0.05, 0.1) is 49.2 Å². The highest BCUT2D eigenvalue weighted by molar-refractivity contribution is 7.89. The Hall–Kier alpha value is -7.32. The average molecular weight is 1150 g/mol. The molecule has 4 saturated heterocycles. The summed E-state index contributed by atoms with van der Waals surface area (Å²) in [6.07, 6.45) is 4.01. The Morgan fingerprint density at radius 2 is 0.902 bits per heavy atom. The number of amides is 2. The van der Waals surface area contributed by atoms with Crippen LogP contribution in [0.25, 0.3) is 44.3 Å².